The van der Waals surface area contributed by atoms with Gasteiger partial charge < -0.3 is 5.32 Å². The molecule has 0 radical (unpaired) electrons. The molecule has 3 heterocycles. The minimum absolute atomic E-state index is 0.0334. The molecule has 0 amide bonds. The van der Waals surface area contributed by atoms with E-state index in [0.717, 1.165) is 38.2 Å². The summed E-state index contributed by atoms with van der Waals surface area (Å²) >= 11 is 5.89. The number of hydrogen-bond acceptors (Lipinski definition) is 3. The molecule has 0 bridgehead atoms. The maximum absolute atomic E-state index is 12.9. The zero-order chi connectivity index (χ0) is 15.0. The highest BCUT2D eigenvalue weighted by molar-refractivity contribution is 6.33. The first-order valence-corrected chi connectivity index (χ1v) is 7.14. The normalized spacial score (nSPS) is 17.5. The minimum atomic E-state index is -4.44. The van der Waals surface area contributed by atoms with Gasteiger partial charge in [0, 0.05) is 12.6 Å². The Hall–Kier alpha value is -1.34. The monoisotopic (exact) mass is 318 g/mol. The Morgan fingerprint density at radius 3 is 2.67 bits per heavy atom. The molecule has 2 aromatic rings. The van der Waals surface area contributed by atoms with Gasteiger partial charge in [0.1, 0.15) is 5.82 Å². The molecule has 114 valence electrons. The van der Waals surface area contributed by atoms with Gasteiger partial charge in [-0.3, -0.25) is 4.40 Å². The molecule has 0 saturated carbocycles. The summed E-state index contributed by atoms with van der Waals surface area (Å²) in [6.45, 7) is 1.85. The first kappa shape index (κ1) is 14.6. The van der Waals surface area contributed by atoms with Crippen LogP contribution in [0.2, 0.25) is 5.02 Å². The van der Waals surface area contributed by atoms with Crippen LogP contribution >= 0.6 is 11.6 Å². The fraction of sp³-hybridized carbons (Fsp3) is 0.538. The maximum atomic E-state index is 12.9. The minimum Gasteiger partial charge on any atom is -0.317 e. The summed E-state index contributed by atoms with van der Waals surface area (Å²) in [5, 5.41) is 11.1. The first-order valence-electron chi connectivity index (χ1n) is 6.76. The molecule has 3 rings (SSSR count). The average Bonchev–Trinajstić information content (AvgIpc) is 2.83. The van der Waals surface area contributed by atoms with E-state index < -0.39 is 11.7 Å². The van der Waals surface area contributed by atoms with E-state index in [0.29, 0.717) is 18.2 Å². The second-order valence-electron chi connectivity index (χ2n) is 5.28. The predicted molar refractivity (Wildman–Crippen MR) is 72.3 cm³/mol. The molecule has 21 heavy (non-hydrogen) atoms. The van der Waals surface area contributed by atoms with Crippen molar-refractivity contribution < 1.29 is 13.2 Å². The van der Waals surface area contributed by atoms with E-state index in [9.17, 15) is 13.2 Å². The van der Waals surface area contributed by atoms with E-state index in [4.69, 9.17) is 11.6 Å². The van der Waals surface area contributed by atoms with Crippen molar-refractivity contribution in [1.82, 2.24) is 19.9 Å². The molecule has 0 atom stereocenters. The first-order chi connectivity index (χ1) is 9.95. The Labute approximate surface area is 124 Å². The highest BCUT2D eigenvalue weighted by atomic mass is 35.5. The van der Waals surface area contributed by atoms with Crippen molar-refractivity contribution in [1.29, 1.82) is 0 Å². The fourth-order valence-electron chi connectivity index (χ4n) is 2.64. The molecule has 0 unspecified atom stereocenters. The zero-order valence-electron chi connectivity index (χ0n) is 11.1. The van der Waals surface area contributed by atoms with E-state index >= 15 is 0 Å². The molecule has 1 aliphatic heterocycles. The predicted octanol–water partition coefficient (Wildman–Crippen LogP) is 2.94. The van der Waals surface area contributed by atoms with Crippen molar-refractivity contribution >= 4 is 17.2 Å². The van der Waals surface area contributed by atoms with E-state index in [2.05, 4.69) is 15.5 Å². The summed E-state index contributed by atoms with van der Waals surface area (Å²) in [7, 11) is 0. The summed E-state index contributed by atoms with van der Waals surface area (Å²) in [5.74, 6) is 0.942. The number of aromatic nitrogens is 3. The largest absolute Gasteiger partial charge is 0.417 e. The Morgan fingerprint density at radius 1 is 1.29 bits per heavy atom. The van der Waals surface area contributed by atoms with Crippen LogP contribution in [0.15, 0.2) is 12.3 Å². The second kappa shape index (κ2) is 5.46. The molecule has 0 spiro atoms. The number of piperidine rings is 1. The lowest BCUT2D eigenvalue weighted by molar-refractivity contribution is -0.137. The highest BCUT2D eigenvalue weighted by Gasteiger charge is 2.32. The van der Waals surface area contributed by atoms with Crippen LogP contribution in [-0.2, 0) is 12.6 Å². The number of hydrogen-bond donors (Lipinski definition) is 1. The van der Waals surface area contributed by atoms with Gasteiger partial charge in [0.15, 0.2) is 5.65 Å². The Kier molecular flexibility index (Phi) is 3.79. The quantitative estimate of drug-likeness (QED) is 0.925. The number of fused-ring (bicyclic) bond motifs is 1. The van der Waals surface area contributed by atoms with Crippen LogP contribution in [-0.4, -0.2) is 27.7 Å². The Bertz CT molecular complexity index is 647. The number of nitrogens with one attached hydrogen (secondary N) is 1. The zero-order valence-corrected chi connectivity index (χ0v) is 11.9. The van der Waals surface area contributed by atoms with Gasteiger partial charge >= 0.3 is 6.18 Å². The number of halogens is 4. The van der Waals surface area contributed by atoms with Crippen LogP contribution in [0.3, 0.4) is 0 Å². The van der Waals surface area contributed by atoms with Crippen LogP contribution < -0.4 is 5.32 Å². The maximum Gasteiger partial charge on any atom is 0.417 e. The topological polar surface area (TPSA) is 42.2 Å². The van der Waals surface area contributed by atoms with Crippen LogP contribution in [0.1, 0.15) is 24.2 Å². The summed E-state index contributed by atoms with van der Waals surface area (Å²) in [6, 6.07) is 0.889. The van der Waals surface area contributed by atoms with Crippen molar-refractivity contribution in [2.45, 2.75) is 25.4 Å². The Morgan fingerprint density at radius 2 is 2.00 bits per heavy atom. The van der Waals surface area contributed by atoms with Crippen molar-refractivity contribution in [3.05, 3.63) is 28.7 Å². The van der Waals surface area contributed by atoms with Crippen molar-refractivity contribution in [3.8, 4) is 0 Å². The Balaban J connectivity index is 1.97. The van der Waals surface area contributed by atoms with Crippen LogP contribution in [0, 0.1) is 5.92 Å². The summed E-state index contributed by atoms with van der Waals surface area (Å²) < 4.78 is 40.0. The lowest BCUT2D eigenvalue weighted by atomic mass is 9.94. The van der Waals surface area contributed by atoms with E-state index in [-0.39, 0.29) is 10.7 Å². The SMILES string of the molecule is FC(F)(F)c1cc(Cl)c2nnc(CC3CCNCC3)n2c1. The molecular formula is C13H14ClF3N4. The van der Waals surface area contributed by atoms with E-state index in [1.807, 2.05) is 0 Å². The molecule has 0 aliphatic carbocycles. The fourth-order valence-corrected chi connectivity index (χ4v) is 2.88. The highest BCUT2D eigenvalue weighted by Crippen LogP contribution is 2.32. The van der Waals surface area contributed by atoms with Crippen LogP contribution in [0.4, 0.5) is 13.2 Å². The molecule has 2 aromatic heterocycles. The lowest BCUT2D eigenvalue weighted by Crippen LogP contribution is -2.29. The van der Waals surface area contributed by atoms with Crippen molar-refractivity contribution in [3.63, 3.8) is 0 Å². The average molecular weight is 319 g/mol. The third-order valence-electron chi connectivity index (χ3n) is 3.79. The number of nitrogens with zero attached hydrogens (tertiary/aromatic N) is 3. The van der Waals surface area contributed by atoms with Gasteiger partial charge in [-0.1, -0.05) is 11.6 Å². The number of rotatable bonds is 2. The lowest BCUT2D eigenvalue weighted by Gasteiger charge is -2.21. The van der Waals surface area contributed by atoms with Gasteiger partial charge in [0.25, 0.3) is 0 Å². The summed E-state index contributed by atoms with van der Waals surface area (Å²) in [6.07, 6.45) is -0.824. The van der Waals surface area contributed by atoms with Gasteiger partial charge in [-0.15, -0.1) is 10.2 Å². The third-order valence-corrected chi connectivity index (χ3v) is 4.07. The third kappa shape index (κ3) is 2.98. The van der Waals surface area contributed by atoms with Gasteiger partial charge in [0.05, 0.1) is 10.6 Å². The molecule has 1 N–H and O–H groups in total. The van der Waals surface area contributed by atoms with Crippen molar-refractivity contribution in [2.24, 2.45) is 5.92 Å². The number of pyridine rings is 1. The summed E-state index contributed by atoms with van der Waals surface area (Å²) in [4.78, 5) is 0. The second-order valence-corrected chi connectivity index (χ2v) is 5.69. The van der Waals surface area contributed by atoms with E-state index in [1.54, 1.807) is 0 Å². The molecular weight excluding hydrogens is 305 g/mol. The van der Waals surface area contributed by atoms with Crippen LogP contribution in [0.25, 0.3) is 5.65 Å². The van der Waals surface area contributed by atoms with Gasteiger partial charge in [-0.25, -0.2) is 0 Å². The number of alkyl halides is 3. The molecule has 8 heteroatoms. The van der Waals surface area contributed by atoms with Gasteiger partial charge in [0.2, 0.25) is 0 Å². The van der Waals surface area contributed by atoms with Crippen LogP contribution in [0.5, 0.6) is 0 Å². The van der Waals surface area contributed by atoms with Crippen molar-refractivity contribution in [2.75, 3.05) is 13.1 Å². The summed E-state index contributed by atoms with van der Waals surface area (Å²) in [5.41, 5.74) is -0.514. The smallest absolute Gasteiger partial charge is 0.317 e. The standard InChI is InChI=1S/C13H14ClF3N4/c14-10-6-9(13(15,16)17)7-21-11(19-20-12(10)21)5-8-1-3-18-4-2-8/h6-8,18H,1-5H2. The van der Waals surface area contributed by atoms with Gasteiger partial charge in [-0.05, 0) is 37.9 Å². The molecule has 1 saturated heterocycles. The van der Waals surface area contributed by atoms with Gasteiger partial charge in [-0.2, -0.15) is 13.2 Å². The molecule has 1 aliphatic rings. The van der Waals surface area contributed by atoms with E-state index in [1.165, 1.54) is 4.40 Å². The molecule has 1 fully saturated rings. The molecule has 0 aromatic carbocycles. The molecule has 4 nitrogen and oxygen atoms in total.